The second-order valence-electron chi connectivity index (χ2n) is 7.84. The molecule has 1 unspecified atom stereocenters. The van der Waals surface area contributed by atoms with E-state index in [1.807, 2.05) is 31.2 Å². The van der Waals surface area contributed by atoms with Crippen molar-refractivity contribution in [3.63, 3.8) is 0 Å². The molecule has 0 spiro atoms. The topological polar surface area (TPSA) is 43.4 Å². The van der Waals surface area contributed by atoms with Gasteiger partial charge in [0.2, 0.25) is 0 Å². The van der Waals surface area contributed by atoms with Crippen LogP contribution in [0.4, 0.5) is 0 Å². The first-order valence-corrected chi connectivity index (χ1v) is 9.39. The van der Waals surface area contributed by atoms with Crippen LogP contribution in [0.1, 0.15) is 77.7 Å². The Hall–Kier alpha value is -0.870. The van der Waals surface area contributed by atoms with Crippen molar-refractivity contribution in [2.45, 2.75) is 77.6 Å². The zero-order chi connectivity index (χ0) is 17.2. The Balaban J connectivity index is 3.16. The van der Waals surface area contributed by atoms with Gasteiger partial charge in [-0.25, -0.2) is 0 Å². The van der Waals surface area contributed by atoms with Crippen LogP contribution in [-0.2, 0) is 19.7 Å². The molecular formula is C18H30O3S. The predicted molar refractivity (Wildman–Crippen MR) is 92.5 cm³/mol. The Morgan fingerprint density at radius 3 is 1.86 bits per heavy atom. The third-order valence-electron chi connectivity index (χ3n) is 3.41. The van der Waals surface area contributed by atoms with E-state index in [0.717, 1.165) is 12.0 Å². The van der Waals surface area contributed by atoms with Crippen LogP contribution in [-0.4, -0.2) is 14.0 Å². The highest BCUT2D eigenvalue weighted by atomic mass is 32.2. The Morgan fingerprint density at radius 2 is 1.50 bits per heavy atom. The molecule has 0 aromatic heterocycles. The van der Waals surface area contributed by atoms with Crippen molar-refractivity contribution in [3.05, 3.63) is 35.4 Å². The SMILES string of the molecule is CCCC(c1ccc(C(C)(C)C)cc1)S(=O)(=O)OC(C)(C)C. The minimum atomic E-state index is -3.64. The van der Waals surface area contributed by atoms with Crippen LogP contribution in [0.3, 0.4) is 0 Å². The van der Waals surface area contributed by atoms with Crippen LogP contribution >= 0.6 is 0 Å². The van der Waals surface area contributed by atoms with Gasteiger partial charge >= 0.3 is 0 Å². The molecule has 0 N–H and O–H groups in total. The molecule has 0 saturated carbocycles. The minimum absolute atomic E-state index is 0.0551. The largest absolute Gasteiger partial charge is 0.274 e. The number of benzene rings is 1. The molecule has 0 fully saturated rings. The molecule has 3 nitrogen and oxygen atoms in total. The van der Waals surface area contributed by atoms with E-state index in [0.29, 0.717) is 6.42 Å². The third-order valence-corrected chi connectivity index (χ3v) is 5.35. The first-order valence-electron chi connectivity index (χ1n) is 7.92. The summed E-state index contributed by atoms with van der Waals surface area (Å²) in [7, 11) is -3.64. The smallest absolute Gasteiger partial charge is 0.264 e. The molecule has 0 bridgehead atoms. The summed E-state index contributed by atoms with van der Waals surface area (Å²) in [5, 5.41) is -0.606. The van der Waals surface area contributed by atoms with Crippen LogP contribution < -0.4 is 0 Å². The summed E-state index contributed by atoms with van der Waals surface area (Å²) in [6.45, 7) is 13.7. The molecule has 1 atom stereocenters. The molecule has 0 radical (unpaired) electrons. The van der Waals surface area contributed by atoms with Gasteiger partial charge in [0.25, 0.3) is 10.1 Å². The van der Waals surface area contributed by atoms with Crippen LogP contribution in [0.25, 0.3) is 0 Å². The molecule has 0 aliphatic rings. The summed E-state index contributed by atoms with van der Waals surface area (Å²) in [6.07, 6.45) is 1.35. The van der Waals surface area contributed by atoms with Crippen molar-refractivity contribution in [1.82, 2.24) is 0 Å². The molecule has 0 saturated heterocycles. The lowest BCUT2D eigenvalue weighted by Crippen LogP contribution is -2.28. The van der Waals surface area contributed by atoms with E-state index >= 15 is 0 Å². The molecule has 126 valence electrons. The highest BCUT2D eigenvalue weighted by Gasteiger charge is 2.32. The molecule has 1 rings (SSSR count). The fourth-order valence-electron chi connectivity index (χ4n) is 2.34. The van der Waals surface area contributed by atoms with Crippen molar-refractivity contribution in [2.24, 2.45) is 0 Å². The van der Waals surface area contributed by atoms with Crippen LogP contribution in [0, 0.1) is 0 Å². The maximum absolute atomic E-state index is 12.6. The molecule has 1 aromatic carbocycles. The highest BCUT2D eigenvalue weighted by Crippen LogP contribution is 2.33. The van der Waals surface area contributed by atoms with E-state index in [1.54, 1.807) is 20.8 Å². The monoisotopic (exact) mass is 326 g/mol. The summed E-state index contributed by atoms with van der Waals surface area (Å²) in [5.74, 6) is 0. The molecule has 0 amide bonds. The van der Waals surface area contributed by atoms with Gasteiger partial charge in [0, 0.05) is 0 Å². The van der Waals surface area contributed by atoms with E-state index < -0.39 is 21.0 Å². The first kappa shape index (κ1) is 19.2. The third kappa shape index (κ3) is 5.40. The summed E-state index contributed by atoms with van der Waals surface area (Å²) < 4.78 is 30.6. The Labute approximate surface area is 136 Å². The van der Waals surface area contributed by atoms with Gasteiger partial charge in [-0.1, -0.05) is 58.4 Å². The number of hydrogen-bond donors (Lipinski definition) is 0. The Kier molecular flexibility index (Phi) is 5.85. The zero-order valence-corrected chi connectivity index (χ0v) is 15.8. The average Bonchev–Trinajstić information content (AvgIpc) is 2.32. The summed E-state index contributed by atoms with van der Waals surface area (Å²) in [4.78, 5) is 0. The van der Waals surface area contributed by atoms with Crippen molar-refractivity contribution < 1.29 is 12.6 Å². The van der Waals surface area contributed by atoms with Gasteiger partial charge < -0.3 is 0 Å². The fourth-order valence-corrected chi connectivity index (χ4v) is 4.17. The van der Waals surface area contributed by atoms with Gasteiger partial charge in [0.05, 0.1) is 5.60 Å². The van der Waals surface area contributed by atoms with E-state index in [1.165, 1.54) is 5.56 Å². The standard InChI is InChI=1S/C18H30O3S/c1-8-9-16(22(19,20)21-18(5,6)7)14-10-12-15(13-11-14)17(2,3)4/h10-13,16H,8-9H2,1-7H3. The normalized spacial score (nSPS) is 14.9. The lowest BCUT2D eigenvalue weighted by molar-refractivity contribution is 0.136. The van der Waals surface area contributed by atoms with E-state index in [2.05, 4.69) is 20.8 Å². The number of hydrogen-bond acceptors (Lipinski definition) is 3. The molecule has 0 aliphatic heterocycles. The summed E-state index contributed by atoms with van der Waals surface area (Å²) >= 11 is 0. The van der Waals surface area contributed by atoms with E-state index in [9.17, 15) is 8.42 Å². The van der Waals surface area contributed by atoms with Crippen LogP contribution in [0.2, 0.25) is 0 Å². The molecule has 0 aliphatic carbocycles. The second kappa shape index (κ2) is 6.71. The molecular weight excluding hydrogens is 296 g/mol. The maximum Gasteiger partial charge on any atom is 0.274 e. The van der Waals surface area contributed by atoms with Gasteiger partial charge in [0.1, 0.15) is 5.25 Å². The van der Waals surface area contributed by atoms with Gasteiger partial charge in [-0.3, -0.25) is 4.18 Å². The van der Waals surface area contributed by atoms with E-state index in [-0.39, 0.29) is 5.41 Å². The fraction of sp³-hybridized carbons (Fsp3) is 0.667. The van der Waals surface area contributed by atoms with Crippen LogP contribution in [0.15, 0.2) is 24.3 Å². The minimum Gasteiger partial charge on any atom is -0.264 e. The van der Waals surface area contributed by atoms with Crippen molar-refractivity contribution >= 4 is 10.1 Å². The predicted octanol–water partition coefficient (Wildman–Crippen LogP) is 4.97. The van der Waals surface area contributed by atoms with Crippen LogP contribution in [0.5, 0.6) is 0 Å². The van der Waals surface area contributed by atoms with E-state index in [4.69, 9.17) is 4.18 Å². The zero-order valence-electron chi connectivity index (χ0n) is 14.9. The van der Waals surface area contributed by atoms with Crippen molar-refractivity contribution in [2.75, 3.05) is 0 Å². The van der Waals surface area contributed by atoms with Crippen molar-refractivity contribution in [3.8, 4) is 0 Å². The van der Waals surface area contributed by atoms with Crippen molar-refractivity contribution in [1.29, 1.82) is 0 Å². The maximum atomic E-state index is 12.6. The molecule has 0 heterocycles. The lowest BCUT2D eigenvalue weighted by Gasteiger charge is -2.25. The van der Waals surface area contributed by atoms with Gasteiger partial charge in [-0.15, -0.1) is 0 Å². The lowest BCUT2D eigenvalue weighted by atomic mass is 9.86. The summed E-state index contributed by atoms with van der Waals surface area (Å²) in [5.41, 5.74) is 1.34. The quantitative estimate of drug-likeness (QED) is 0.717. The highest BCUT2D eigenvalue weighted by molar-refractivity contribution is 7.87. The second-order valence-corrected chi connectivity index (χ2v) is 9.56. The summed E-state index contributed by atoms with van der Waals surface area (Å²) in [6, 6.07) is 7.88. The number of rotatable bonds is 5. The molecule has 22 heavy (non-hydrogen) atoms. The van der Waals surface area contributed by atoms with Gasteiger partial charge in [-0.2, -0.15) is 8.42 Å². The molecule has 4 heteroatoms. The van der Waals surface area contributed by atoms with Gasteiger partial charge in [0.15, 0.2) is 0 Å². The first-order chi connectivity index (χ1) is 9.87. The average molecular weight is 327 g/mol. The Bertz CT molecular complexity index is 572. The molecule has 1 aromatic rings. The Morgan fingerprint density at radius 1 is 1.00 bits per heavy atom. The van der Waals surface area contributed by atoms with Gasteiger partial charge in [-0.05, 0) is 43.7 Å².